The molecule has 1 amide bonds. The molecule has 0 aromatic carbocycles. The zero-order valence-corrected chi connectivity index (χ0v) is 11.7. The van der Waals surface area contributed by atoms with E-state index in [-0.39, 0.29) is 5.91 Å². The van der Waals surface area contributed by atoms with Crippen molar-refractivity contribution in [3.05, 3.63) is 23.4 Å². The first kappa shape index (κ1) is 14.5. The Morgan fingerprint density at radius 1 is 1.39 bits per heavy atom. The summed E-state index contributed by atoms with van der Waals surface area (Å²) in [6.07, 6.45) is 1.82. The predicted octanol–water partition coefficient (Wildman–Crippen LogP) is 2.46. The molecule has 0 unspecified atom stereocenters. The SMILES string of the molecule is CCc1cc(C(=O)NCCC(C)C)cc(NC)n1. The van der Waals surface area contributed by atoms with Gasteiger partial charge in [0.15, 0.2) is 0 Å². The summed E-state index contributed by atoms with van der Waals surface area (Å²) in [5.41, 5.74) is 1.60. The summed E-state index contributed by atoms with van der Waals surface area (Å²) in [5.74, 6) is 1.31. The Kier molecular flexibility index (Phi) is 5.62. The van der Waals surface area contributed by atoms with Crippen molar-refractivity contribution in [1.82, 2.24) is 10.3 Å². The van der Waals surface area contributed by atoms with Crippen molar-refractivity contribution in [2.75, 3.05) is 18.9 Å². The molecule has 0 aliphatic heterocycles. The van der Waals surface area contributed by atoms with Crippen molar-refractivity contribution < 1.29 is 4.79 Å². The smallest absolute Gasteiger partial charge is 0.251 e. The lowest BCUT2D eigenvalue weighted by molar-refractivity contribution is 0.0952. The van der Waals surface area contributed by atoms with E-state index in [1.165, 1.54) is 0 Å². The van der Waals surface area contributed by atoms with Crippen molar-refractivity contribution in [3.8, 4) is 0 Å². The minimum atomic E-state index is -0.0238. The summed E-state index contributed by atoms with van der Waals surface area (Å²) < 4.78 is 0. The number of nitrogens with zero attached hydrogens (tertiary/aromatic N) is 1. The van der Waals surface area contributed by atoms with Crippen molar-refractivity contribution in [3.63, 3.8) is 0 Å². The summed E-state index contributed by atoms with van der Waals surface area (Å²) in [6, 6.07) is 3.63. The molecule has 0 bridgehead atoms. The molecule has 2 N–H and O–H groups in total. The summed E-state index contributed by atoms with van der Waals surface area (Å²) in [6.45, 7) is 7.04. The molecule has 0 aliphatic carbocycles. The van der Waals surface area contributed by atoms with Crippen molar-refractivity contribution in [1.29, 1.82) is 0 Å². The largest absolute Gasteiger partial charge is 0.373 e. The van der Waals surface area contributed by atoms with E-state index >= 15 is 0 Å². The maximum Gasteiger partial charge on any atom is 0.251 e. The van der Waals surface area contributed by atoms with E-state index in [2.05, 4.69) is 29.5 Å². The van der Waals surface area contributed by atoms with Gasteiger partial charge in [-0.05, 0) is 30.9 Å². The Labute approximate surface area is 109 Å². The normalized spacial score (nSPS) is 10.5. The van der Waals surface area contributed by atoms with Crippen LogP contribution in [0.15, 0.2) is 12.1 Å². The van der Waals surface area contributed by atoms with Crippen LogP contribution in [-0.2, 0) is 6.42 Å². The lowest BCUT2D eigenvalue weighted by atomic mass is 10.1. The molecular weight excluding hydrogens is 226 g/mol. The number of hydrogen-bond acceptors (Lipinski definition) is 3. The highest BCUT2D eigenvalue weighted by Crippen LogP contribution is 2.11. The lowest BCUT2D eigenvalue weighted by Gasteiger charge is -2.09. The molecule has 18 heavy (non-hydrogen) atoms. The first-order valence-corrected chi connectivity index (χ1v) is 6.53. The summed E-state index contributed by atoms with van der Waals surface area (Å²) in [5, 5.41) is 5.92. The molecule has 1 aromatic heterocycles. The molecule has 1 heterocycles. The first-order valence-electron chi connectivity index (χ1n) is 6.53. The molecule has 0 aliphatic rings. The second kappa shape index (κ2) is 6.99. The molecular formula is C14H23N3O. The molecule has 0 spiro atoms. The van der Waals surface area contributed by atoms with Gasteiger partial charge in [0.1, 0.15) is 5.82 Å². The molecule has 0 radical (unpaired) electrons. The minimum Gasteiger partial charge on any atom is -0.373 e. The van der Waals surface area contributed by atoms with E-state index in [0.717, 1.165) is 30.9 Å². The number of aromatic nitrogens is 1. The molecule has 0 fully saturated rings. The van der Waals surface area contributed by atoms with Crippen LogP contribution in [0.1, 0.15) is 43.2 Å². The molecule has 0 saturated heterocycles. The van der Waals surface area contributed by atoms with Crippen LogP contribution >= 0.6 is 0 Å². The third-order valence-corrected chi connectivity index (χ3v) is 2.77. The Morgan fingerprint density at radius 3 is 2.67 bits per heavy atom. The topological polar surface area (TPSA) is 54.0 Å². The third kappa shape index (κ3) is 4.35. The molecule has 0 saturated carbocycles. The highest BCUT2D eigenvalue weighted by Gasteiger charge is 2.08. The highest BCUT2D eigenvalue weighted by atomic mass is 16.1. The fraction of sp³-hybridized carbons (Fsp3) is 0.571. The maximum atomic E-state index is 12.0. The van der Waals surface area contributed by atoms with E-state index < -0.39 is 0 Å². The lowest BCUT2D eigenvalue weighted by Crippen LogP contribution is -2.25. The average Bonchev–Trinajstić information content (AvgIpc) is 2.37. The molecule has 1 aromatic rings. The Hall–Kier alpha value is -1.58. The van der Waals surface area contributed by atoms with Crippen LogP contribution in [0.3, 0.4) is 0 Å². The number of hydrogen-bond donors (Lipinski definition) is 2. The quantitative estimate of drug-likeness (QED) is 0.814. The zero-order chi connectivity index (χ0) is 13.5. The van der Waals surface area contributed by atoms with Gasteiger partial charge >= 0.3 is 0 Å². The number of rotatable bonds is 6. The van der Waals surface area contributed by atoms with Gasteiger partial charge in [-0.25, -0.2) is 4.98 Å². The van der Waals surface area contributed by atoms with Crippen LogP contribution in [0.25, 0.3) is 0 Å². The Morgan fingerprint density at radius 2 is 2.11 bits per heavy atom. The van der Waals surface area contributed by atoms with E-state index in [0.29, 0.717) is 11.5 Å². The number of carbonyl (C=O) groups excluding carboxylic acids is 1. The van der Waals surface area contributed by atoms with Gasteiger partial charge in [-0.2, -0.15) is 0 Å². The third-order valence-electron chi connectivity index (χ3n) is 2.77. The second-order valence-corrected chi connectivity index (χ2v) is 4.77. The Balaban J connectivity index is 2.72. The highest BCUT2D eigenvalue weighted by molar-refractivity contribution is 5.94. The van der Waals surface area contributed by atoms with Crippen LogP contribution < -0.4 is 10.6 Å². The van der Waals surface area contributed by atoms with E-state index in [1.807, 2.05) is 20.0 Å². The number of amides is 1. The van der Waals surface area contributed by atoms with E-state index in [1.54, 1.807) is 6.07 Å². The van der Waals surface area contributed by atoms with Gasteiger partial charge in [0.05, 0.1) is 0 Å². The van der Waals surface area contributed by atoms with Crippen molar-refractivity contribution in [2.45, 2.75) is 33.6 Å². The standard InChI is InChI=1S/C14H23N3O/c1-5-12-8-11(9-13(15-4)17-12)14(18)16-7-6-10(2)3/h8-10H,5-7H2,1-4H3,(H,15,17)(H,16,18). The average molecular weight is 249 g/mol. The van der Waals surface area contributed by atoms with Gasteiger partial charge in [0.25, 0.3) is 5.91 Å². The Bertz CT molecular complexity index is 380. The van der Waals surface area contributed by atoms with Crippen LogP contribution in [0, 0.1) is 5.92 Å². The number of carbonyl (C=O) groups is 1. The van der Waals surface area contributed by atoms with Crippen molar-refractivity contribution in [2.24, 2.45) is 5.92 Å². The van der Waals surface area contributed by atoms with Gasteiger partial charge in [0, 0.05) is 24.8 Å². The van der Waals surface area contributed by atoms with Crippen LogP contribution in [-0.4, -0.2) is 24.5 Å². The predicted molar refractivity (Wildman–Crippen MR) is 74.9 cm³/mol. The molecule has 0 atom stereocenters. The fourth-order valence-electron chi connectivity index (χ4n) is 1.60. The molecule has 4 nitrogen and oxygen atoms in total. The van der Waals surface area contributed by atoms with Gasteiger partial charge in [-0.3, -0.25) is 4.79 Å². The summed E-state index contributed by atoms with van der Waals surface area (Å²) >= 11 is 0. The van der Waals surface area contributed by atoms with Crippen LogP contribution in [0.2, 0.25) is 0 Å². The number of nitrogens with one attached hydrogen (secondary N) is 2. The zero-order valence-electron chi connectivity index (χ0n) is 11.7. The first-order chi connectivity index (χ1) is 8.56. The van der Waals surface area contributed by atoms with Crippen LogP contribution in [0.4, 0.5) is 5.82 Å². The van der Waals surface area contributed by atoms with Gasteiger partial charge in [-0.15, -0.1) is 0 Å². The molecule has 100 valence electrons. The van der Waals surface area contributed by atoms with Gasteiger partial charge in [0.2, 0.25) is 0 Å². The summed E-state index contributed by atoms with van der Waals surface area (Å²) in [7, 11) is 1.81. The van der Waals surface area contributed by atoms with Crippen molar-refractivity contribution >= 4 is 11.7 Å². The second-order valence-electron chi connectivity index (χ2n) is 4.77. The molecule has 4 heteroatoms. The van der Waals surface area contributed by atoms with Crippen LogP contribution in [0.5, 0.6) is 0 Å². The van der Waals surface area contributed by atoms with E-state index in [9.17, 15) is 4.79 Å². The number of pyridine rings is 1. The minimum absolute atomic E-state index is 0.0238. The fourth-order valence-corrected chi connectivity index (χ4v) is 1.60. The monoisotopic (exact) mass is 249 g/mol. The number of aryl methyl sites for hydroxylation is 1. The van der Waals surface area contributed by atoms with Gasteiger partial charge in [-0.1, -0.05) is 20.8 Å². The molecule has 1 rings (SSSR count). The van der Waals surface area contributed by atoms with Gasteiger partial charge < -0.3 is 10.6 Å². The number of anilines is 1. The maximum absolute atomic E-state index is 12.0. The van der Waals surface area contributed by atoms with E-state index in [4.69, 9.17) is 0 Å². The summed E-state index contributed by atoms with van der Waals surface area (Å²) in [4.78, 5) is 16.4.